The van der Waals surface area contributed by atoms with Crippen molar-refractivity contribution in [2.75, 3.05) is 26.2 Å². The number of sulfone groups is 1. The molecule has 2 fully saturated rings. The van der Waals surface area contributed by atoms with E-state index < -0.39 is 38.5 Å². The van der Waals surface area contributed by atoms with Crippen LogP contribution >= 0.6 is 0 Å². The molecule has 2 saturated heterocycles. The number of carbonyl (C=O) groups excluding carboxylic acids is 1. The second-order valence-electron chi connectivity index (χ2n) is 7.77. The number of alkyl halides is 3. The van der Waals surface area contributed by atoms with Crippen molar-refractivity contribution in [3.05, 3.63) is 30.1 Å². The van der Waals surface area contributed by atoms with Crippen molar-refractivity contribution >= 4 is 21.7 Å². The monoisotopic (exact) mass is 468 g/mol. The van der Waals surface area contributed by atoms with Gasteiger partial charge in [-0.2, -0.15) is 13.2 Å². The first kappa shape index (κ1) is 25.1. The van der Waals surface area contributed by atoms with Crippen LogP contribution in [-0.2, 0) is 19.4 Å². The Hall–Kier alpha value is -2.21. The number of amides is 1. The van der Waals surface area contributed by atoms with E-state index in [1.165, 1.54) is 12.1 Å². The van der Waals surface area contributed by atoms with E-state index in [4.69, 9.17) is 9.90 Å². The van der Waals surface area contributed by atoms with Gasteiger partial charge in [0, 0.05) is 18.5 Å². The van der Waals surface area contributed by atoms with E-state index in [0.717, 1.165) is 38.1 Å². The number of rotatable bonds is 3. The summed E-state index contributed by atoms with van der Waals surface area (Å²) in [6, 6.07) is 4.90. The summed E-state index contributed by atoms with van der Waals surface area (Å²) in [6.07, 6.45) is -3.10. The van der Waals surface area contributed by atoms with Crippen molar-refractivity contribution in [1.29, 1.82) is 0 Å². The third-order valence-corrected chi connectivity index (χ3v) is 7.67. The number of likely N-dealkylation sites (tertiary alicyclic amines) is 1. The molecule has 0 aromatic heterocycles. The number of hydrogen-bond acceptors (Lipinski definition) is 5. The average Bonchev–Trinajstić information content (AvgIpc) is 3.19. The average molecular weight is 468 g/mol. The predicted octanol–water partition coefficient (Wildman–Crippen LogP) is 2.22. The van der Waals surface area contributed by atoms with Crippen LogP contribution in [0, 0.1) is 11.2 Å². The number of carboxylic acid groups (broad SMARTS) is 1. The molecule has 0 radical (unpaired) electrons. The van der Waals surface area contributed by atoms with Crippen LogP contribution in [0.5, 0.6) is 0 Å². The predicted molar refractivity (Wildman–Crippen MR) is 102 cm³/mol. The quantitative estimate of drug-likeness (QED) is 0.521. The Bertz CT molecular complexity index is 897. The summed E-state index contributed by atoms with van der Waals surface area (Å²) in [6.45, 7) is 4.28. The highest BCUT2D eigenvalue weighted by Gasteiger charge is 2.43. The van der Waals surface area contributed by atoms with Gasteiger partial charge in [0.2, 0.25) is 5.91 Å². The van der Waals surface area contributed by atoms with E-state index in [-0.39, 0.29) is 17.3 Å². The second-order valence-corrected chi connectivity index (χ2v) is 10.0. The fraction of sp³-hybridized carbons (Fsp3) is 0.579. The highest BCUT2D eigenvalue weighted by atomic mass is 32.2. The number of hydrogen-bond donors (Lipinski definition) is 2. The Morgan fingerprint density at radius 1 is 1.16 bits per heavy atom. The van der Waals surface area contributed by atoms with Gasteiger partial charge in [-0.05, 0) is 56.6 Å². The van der Waals surface area contributed by atoms with Gasteiger partial charge in [-0.25, -0.2) is 17.6 Å². The Balaban J connectivity index is 0.000000423. The van der Waals surface area contributed by atoms with Crippen molar-refractivity contribution in [3.63, 3.8) is 0 Å². The number of carboxylic acids is 1. The van der Waals surface area contributed by atoms with Crippen molar-refractivity contribution in [2.45, 2.75) is 42.5 Å². The fourth-order valence-corrected chi connectivity index (χ4v) is 5.25. The van der Waals surface area contributed by atoms with Crippen LogP contribution in [0.2, 0.25) is 0 Å². The molecule has 1 atom stereocenters. The molecule has 0 saturated carbocycles. The van der Waals surface area contributed by atoms with Crippen LogP contribution < -0.4 is 5.32 Å². The Labute approximate surface area is 177 Å². The van der Waals surface area contributed by atoms with E-state index in [9.17, 15) is 30.8 Å². The van der Waals surface area contributed by atoms with Crippen LogP contribution in [0.15, 0.2) is 29.2 Å². The van der Waals surface area contributed by atoms with E-state index in [2.05, 4.69) is 5.32 Å². The van der Waals surface area contributed by atoms with Crippen molar-refractivity contribution in [2.24, 2.45) is 5.41 Å². The lowest BCUT2D eigenvalue weighted by atomic mass is 9.80. The summed E-state index contributed by atoms with van der Waals surface area (Å²) in [7, 11) is -3.55. The van der Waals surface area contributed by atoms with E-state index >= 15 is 0 Å². The first-order chi connectivity index (χ1) is 14.3. The Morgan fingerprint density at radius 2 is 1.68 bits per heavy atom. The van der Waals surface area contributed by atoms with Crippen LogP contribution in [0.1, 0.15) is 26.2 Å². The molecule has 3 rings (SSSR count). The van der Waals surface area contributed by atoms with Gasteiger partial charge in [-0.1, -0.05) is 6.92 Å². The van der Waals surface area contributed by atoms with Crippen LogP contribution in [0.3, 0.4) is 0 Å². The van der Waals surface area contributed by atoms with Gasteiger partial charge >= 0.3 is 12.1 Å². The lowest BCUT2D eigenvalue weighted by Crippen LogP contribution is -2.47. The zero-order valence-corrected chi connectivity index (χ0v) is 17.6. The van der Waals surface area contributed by atoms with Gasteiger partial charge in [0.25, 0.3) is 0 Å². The van der Waals surface area contributed by atoms with Gasteiger partial charge in [0.15, 0.2) is 9.84 Å². The molecule has 2 aliphatic heterocycles. The highest BCUT2D eigenvalue weighted by molar-refractivity contribution is 7.92. The van der Waals surface area contributed by atoms with Gasteiger partial charge < -0.3 is 15.3 Å². The number of piperidine rings is 1. The molecule has 174 valence electrons. The summed E-state index contributed by atoms with van der Waals surface area (Å²) < 4.78 is 70.2. The second kappa shape index (κ2) is 9.51. The van der Waals surface area contributed by atoms with Gasteiger partial charge in [-0.3, -0.25) is 4.79 Å². The third-order valence-electron chi connectivity index (χ3n) is 5.48. The molecule has 1 aromatic rings. The minimum atomic E-state index is -5.08. The molecule has 1 unspecified atom stereocenters. The lowest BCUT2D eigenvalue weighted by molar-refractivity contribution is -0.192. The molecule has 12 heteroatoms. The molecule has 31 heavy (non-hydrogen) atoms. The smallest absolute Gasteiger partial charge is 0.475 e. The molecule has 0 spiro atoms. The normalized spacial score (nSPS) is 21.2. The summed E-state index contributed by atoms with van der Waals surface area (Å²) in [5.41, 5.74) is -0.403. The molecule has 0 aliphatic carbocycles. The topological polar surface area (TPSA) is 104 Å². The first-order valence-electron chi connectivity index (χ1n) is 9.57. The third kappa shape index (κ3) is 6.16. The molecule has 1 amide bonds. The standard InChI is InChI=1S/C17H23FN2O3S.C2HF3O2/c1-17(7-9-19-10-8-17)16(21)20-11-6-15(12-20)24(22,23)14-4-2-13(18)3-5-14;3-2(4,5)1(6)7/h2-5,15,19H,6-12H2,1H3;(H,6,7). The van der Waals surface area contributed by atoms with Gasteiger partial charge in [0.05, 0.1) is 10.1 Å². The van der Waals surface area contributed by atoms with Crippen molar-refractivity contribution < 1.29 is 40.7 Å². The number of halogens is 4. The Morgan fingerprint density at radius 3 is 2.16 bits per heavy atom. The van der Waals surface area contributed by atoms with Crippen LogP contribution in [0.4, 0.5) is 17.6 Å². The van der Waals surface area contributed by atoms with E-state index in [1.807, 2.05) is 6.92 Å². The SMILES string of the molecule is CC1(C(=O)N2CCC(S(=O)(=O)c3ccc(F)cc3)C2)CCNCC1.O=C(O)C(F)(F)F. The number of carbonyl (C=O) groups is 2. The van der Waals surface area contributed by atoms with Crippen LogP contribution in [0.25, 0.3) is 0 Å². The molecule has 0 bridgehead atoms. The molecule has 7 nitrogen and oxygen atoms in total. The molecule has 2 N–H and O–H groups in total. The Kier molecular flexibility index (Phi) is 7.69. The first-order valence-corrected chi connectivity index (χ1v) is 11.1. The molecular weight excluding hydrogens is 444 g/mol. The zero-order valence-electron chi connectivity index (χ0n) is 16.8. The lowest BCUT2D eigenvalue weighted by Gasteiger charge is -2.36. The number of nitrogens with zero attached hydrogens (tertiary/aromatic N) is 1. The molecule has 2 aliphatic rings. The summed E-state index contributed by atoms with van der Waals surface area (Å²) in [4.78, 5) is 23.5. The summed E-state index contributed by atoms with van der Waals surface area (Å²) in [5.74, 6) is -3.16. The van der Waals surface area contributed by atoms with Crippen molar-refractivity contribution in [1.82, 2.24) is 10.2 Å². The largest absolute Gasteiger partial charge is 0.490 e. The maximum atomic E-state index is 13.0. The van der Waals surface area contributed by atoms with Crippen molar-refractivity contribution in [3.8, 4) is 0 Å². The minimum absolute atomic E-state index is 0.0563. The zero-order chi connectivity index (χ0) is 23.4. The highest BCUT2D eigenvalue weighted by Crippen LogP contribution is 2.33. The fourth-order valence-electron chi connectivity index (χ4n) is 3.56. The molecule has 2 heterocycles. The van der Waals surface area contributed by atoms with Gasteiger partial charge in [-0.15, -0.1) is 0 Å². The van der Waals surface area contributed by atoms with Gasteiger partial charge in [0.1, 0.15) is 5.82 Å². The van der Waals surface area contributed by atoms with E-state index in [1.54, 1.807) is 4.90 Å². The van der Waals surface area contributed by atoms with E-state index in [0.29, 0.717) is 13.0 Å². The maximum Gasteiger partial charge on any atom is 0.490 e. The molecule has 1 aromatic carbocycles. The minimum Gasteiger partial charge on any atom is -0.475 e. The van der Waals surface area contributed by atoms with Crippen LogP contribution in [-0.4, -0.2) is 67.9 Å². The number of benzene rings is 1. The summed E-state index contributed by atoms with van der Waals surface area (Å²) >= 11 is 0. The summed E-state index contributed by atoms with van der Waals surface area (Å²) in [5, 5.41) is 9.76. The number of nitrogens with one attached hydrogen (secondary N) is 1. The molecular formula is C19H24F4N2O5S. The maximum absolute atomic E-state index is 13.0. The number of aliphatic carboxylic acids is 1.